The van der Waals surface area contributed by atoms with Crippen LogP contribution in [0.15, 0.2) is 24.3 Å². The Morgan fingerprint density at radius 3 is 3.05 bits per heavy atom. The van der Waals surface area contributed by atoms with E-state index < -0.39 is 0 Å². The minimum Gasteiger partial charge on any atom is -0.492 e. The zero-order valence-corrected chi connectivity index (χ0v) is 13.1. The van der Waals surface area contributed by atoms with Crippen molar-refractivity contribution < 1.29 is 4.74 Å². The molecule has 3 heteroatoms. The molecular weight excluding hydrogens is 260 g/mol. The fourth-order valence-electron chi connectivity index (χ4n) is 2.98. The summed E-state index contributed by atoms with van der Waals surface area (Å²) in [5, 5.41) is 0. The van der Waals surface area contributed by atoms with Crippen LogP contribution < -0.4 is 10.5 Å². The topological polar surface area (TPSA) is 38.5 Å². The first kappa shape index (κ1) is 15.9. The Labute approximate surface area is 128 Å². The standard InChI is InChI=1S/C18H26N2O/c1-15(2)18-9-5-11-20(18)12-13-21-17-8-3-6-16(14-17)7-4-10-19/h3,6,8,14-15,18H,5,9-13,19H2,1-2H3. The molecule has 1 aliphatic heterocycles. The van der Waals surface area contributed by atoms with E-state index in [0.29, 0.717) is 6.54 Å². The second-order valence-electron chi connectivity index (χ2n) is 5.87. The Morgan fingerprint density at radius 1 is 1.43 bits per heavy atom. The predicted octanol–water partition coefficient (Wildman–Crippen LogP) is 2.50. The number of rotatable bonds is 5. The third-order valence-corrected chi connectivity index (χ3v) is 4.00. The van der Waals surface area contributed by atoms with Crippen LogP contribution in [-0.4, -0.2) is 37.2 Å². The number of ether oxygens (including phenoxy) is 1. The molecule has 1 aromatic rings. The smallest absolute Gasteiger partial charge is 0.120 e. The lowest BCUT2D eigenvalue weighted by molar-refractivity contribution is 0.168. The molecule has 0 aromatic heterocycles. The fourth-order valence-corrected chi connectivity index (χ4v) is 2.98. The molecule has 0 radical (unpaired) electrons. The zero-order chi connectivity index (χ0) is 15.1. The lowest BCUT2D eigenvalue weighted by Gasteiger charge is -2.27. The third-order valence-electron chi connectivity index (χ3n) is 4.00. The summed E-state index contributed by atoms with van der Waals surface area (Å²) in [5.41, 5.74) is 6.35. The molecule has 114 valence electrons. The van der Waals surface area contributed by atoms with Gasteiger partial charge in [-0.3, -0.25) is 4.90 Å². The summed E-state index contributed by atoms with van der Waals surface area (Å²) in [6.45, 7) is 7.94. The van der Waals surface area contributed by atoms with Crippen molar-refractivity contribution in [1.82, 2.24) is 4.90 Å². The molecule has 0 saturated carbocycles. The van der Waals surface area contributed by atoms with E-state index in [0.717, 1.165) is 36.4 Å². The van der Waals surface area contributed by atoms with Gasteiger partial charge in [0.1, 0.15) is 12.4 Å². The summed E-state index contributed by atoms with van der Waals surface area (Å²) in [6, 6.07) is 8.63. The minimum atomic E-state index is 0.386. The highest BCUT2D eigenvalue weighted by Crippen LogP contribution is 2.23. The molecular formula is C18H26N2O. The molecule has 2 N–H and O–H groups in total. The van der Waals surface area contributed by atoms with E-state index in [1.807, 2.05) is 24.3 Å². The molecule has 1 aromatic carbocycles. The van der Waals surface area contributed by atoms with Crippen molar-refractivity contribution in [3.63, 3.8) is 0 Å². The van der Waals surface area contributed by atoms with Gasteiger partial charge in [0, 0.05) is 18.2 Å². The normalized spacial score (nSPS) is 18.6. The van der Waals surface area contributed by atoms with Gasteiger partial charge in [-0.2, -0.15) is 0 Å². The fraction of sp³-hybridized carbons (Fsp3) is 0.556. The van der Waals surface area contributed by atoms with Crippen molar-refractivity contribution in [1.29, 1.82) is 0 Å². The molecule has 0 bridgehead atoms. The van der Waals surface area contributed by atoms with E-state index in [-0.39, 0.29) is 0 Å². The lowest BCUT2D eigenvalue weighted by Crippen LogP contribution is -2.36. The Morgan fingerprint density at radius 2 is 2.29 bits per heavy atom. The SMILES string of the molecule is CC(C)C1CCCN1CCOc1cccc(C#CCN)c1. The maximum Gasteiger partial charge on any atom is 0.120 e. The summed E-state index contributed by atoms with van der Waals surface area (Å²) in [6.07, 6.45) is 2.63. The van der Waals surface area contributed by atoms with Gasteiger partial charge in [0.25, 0.3) is 0 Å². The van der Waals surface area contributed by atoms with Crippen LogP contribution in [0.4, 0.5) is 0 Å². The second kappa shape index (κ2) is 8.07. The molecule has 1 saturated heterocycles. The first-order valence-corrected chi connectivity index (χ1v) is 7.86. The van der Waals surface area contributed by atoms with Crippen LogP contribution in [0.25, 0.3) is 0 Å². The molecule has 1 heterocycles. The van der Waals surface area contributed by atoms with Gasteiger partial charge in [0.05, 0.1) is 6.54 Å². The molecule has 3 nitrogen and oxygen atoms in total. The number of nitrogens with zero attached hydrogens (tertiary/aromatic N) is 1. The number of hydrogen-bond acceptors (Lipinski definition) is 3. The number of nitrogens with two attached hydrogens (primary N) is 1. The van der Waals surface area contributed by atoms with Crippen LogP contribution in [0.1, 0.15) is 32.3 Å². The van der Waals surface area contributed by atoms with Crippen LogP contribution in [-0.2, 0) is 0 Å². The van der Waals surface area contributed by atoms with E-state index >= 15 is 0 Å². The van der Waals surface area contributed by atoms with E-state index in [4.69, 9.17) is 10.5 Å². The van der Waals surface area contributed by atoms with Crippen LogP contribution >= 0.6 is 0 Å². The Kier molecular flexibility index (Phi) is 6.10. The van der Waals surface area contributed by atoms with Crippen molar-refractivity contribution in [2.75, 3.05) is 26.2 Å². The van der Waals surface area contributed by atoms with Crippen molar-refractivity contribution in [3.05, 3.63) is 29.8 Å². The number of benzene rings is 1. The monoisotopic (exact) mass is 286 g/mol. The average molecular weight is 286 g/mol. The van der Waals surface area contributed by atoms with Gasteiger partial charge in [-0.15, -0.1) is 0 Å². The summed E-state index contributed by atoms with van der Waals surface area (Å²) in [7, 11) is 0. The van der Waals surface area contributed by atoms with Gasteiger partial charge in [-0.05, 0) is 43.5 Å². The van der Waals surface area contributed by atoms with Gasteiger partial charge in [0.2, 0.25) is 0 Å². The molecule has 0 amide bonds. The van der Waals surface area contributed by atoms with Crippen LogP contribution in [0.2, 0.25) is 0 Å². The van der Waals surface area contributed by atoms with E-state index in [1.165, 1.54) is 19.4 Å². The van der Waals surface area contributed by atoms with Crippen molar-refractivity contribution in [2.45, 2.75) is 32.7 Å². The summed E-state index contributed by atoms with van der Waals surface area (Å²) in [4.78, 5) is 2.56. The summed E-state index contributed by atoms with van der Waals surface area (Å²) < 4.78 is 5.88. The Balaban J connectivity index is 1.83. The van der Waals surface area contributed by atoms with Crippen LogP contribution in [0.5, 0.6) is 5.75 Å². The maximum absolute atomic E-state index is 5.88. The molecule has 1 fully saturated rings. The average Bonchev–Trinajstić information content (AvgIpc) is 2.94. The van der Waals surface area contributed by atoms with Crippen molar-refractivity contribution in [3.8, 4) is 17.6 Å². The van der Waals surface area contributed by atoms with Crippen LogP contribution in [0, 0.1) is 17.8 Å². The molecule has 2 rings (SSSR count). The quantitative estimate of drug-likeness (QED) is 0.845. The Hall–Kier alpha value is -1.50. The third kappa shape index (κ3) is 4.77. The molecule has 1 atom stereocenters. The van der Waals surface area contributed by atoms with Gasteiger partial charge in [0.15, 0.2) is 0 Å². The highest BCUT2D eigenvalue weighted by Gasteiger charge is 2.26. The van der Waals surface area contributed by atoms with Crippen molar-refractivity contribution in [2.24, 2.45) is 11.7 Å². The number of hydrogen-bond donors (Lipinski definition) is 1. The lowest BCUT2D eigenvalue weighted by atomic mass is 10.0. The second-order valence-corrected chi connectivity index (χ2v) is 5.87. The van der Waals surface area contributed by atoms with E-state index in [1.54, 1.807) is 0 Å². The first-order valence-electron chi connectivity index (χ1n) is 7.86. The highest BCUT2D eigenvalue weighted by molar-refractivity contribution is 5.39. The Bertz CT molecular complexity index is 501. The highest BCUT2D eigenvalue weighted by atomic mass is 16.5. The molecule has 0 aliphatic carbocycles. The van der Waals surface area contributed by atoms with Gasteiger partial charge >= 0.3 is 0 Å². The largest absolute Gasteiger partial charge is 0.492 e. The summed E-state index contributed by atoms with van der Waals surface area (Å²) >= 11 is 0. The van der Waals surface area contributed by atoms with E-state index in [2.05, 4.69) is 30.6 Å². The molecule has 1 aliphatic rings. The van der Waals surface area contributed by atoms with Gasteiger partial charge < -0.3 is 10.5 Å². The zero-order valence-electron chi connectivity index (χ0n) is 13.1. The molecule has 1 unspecified atom stereocenters. The molecule has 0 spiro atoms. The summed E-state index contributed by atoms with van der Waals surface area (Å²) in [5.74, 6) is 7.51. The number of likely N-dealkylation sites (tertiary alicyclic amines) is 1. The molecule has 21 heavy (non-hydrogen) atoms. The minimum absolute atomic E-state index is 0.386. The van der Waals surface area contributed by atoms with E-state index in [9.17, 15) is 0 Å². The first-order chi connectivity index (χ1) is 10.2. The van der Waals surface area contributed by atoms with Gasteiger partial charge in [-0.25, -0.2) is 0 Å². The maximum atomic E-state index is 5.88. The van der Waals surface area contributed by atoms with Crippen LogP contribution in [0.3, 0.4) is 0 Å². The predicted molar refractivity (Wildman–Crippen MR) is 87.3 cm³/mol. The van der Waals surface area contributed by atoms with Crippen molar-refractivity contribution >= 4 is 0 Å². The van der Waals surface area contributed by atoms with Gasteiger partial charge in [-0.1, -0.05) is 31.8 Å².